The molecule has 1 unspecified atom stereocenters. The van der Waals surface area contributed by atoms with Gasteiger partial charge in [-0.25, -0.2) is 9.71 Å². The van der Waals surface area contributed by atoms with Gasteiger partial charge in [-0.3, -0.25) is 4.79 Å². The van der Waals surface area contributed by atoms with E-state index in [9.17, 15) is 13.2 Å². The summed E-state index contributed by atoms with van der Waals surface area (Å²) in [5.74, 6) is 0.778. The third-order valence-electron chi connectivity index (χ3n) is 5.77. The van der Waals surface area contributed by atoms with Crippen LogP contribution in [-0.2, 0) is 10.0 Å². The van der Waals surface area contributed by atoms with Gasteiger partial charge >= 0.3 is 0 Å². The first kappa shape index (κ1) is 23.7. The molecule has 1 amide bonds. The van der Waals surface area contributed by atoms with Gasteiger partial charge in [0.2, 0.25) is 5.88 Å². The highest BCUT2D eigenvalue weighted by atomic mass is 32.2. The first-order chi connectivity index (χ1) is 16.0. The Labute approximate surface area is 200 Å². The number of carbonyl (C=O) groups excluding carboxylic acids is 1. The van der Waals surface area contributed by atoms with Gasteiger partial charge in [0.1, 0.15) is 11.6 Å². The van der Waals surface area contributed by atoms with Crippen LogP contribution in [0.4, 0.5) is 5.82 Å². The topological polar surface area (TPSA) is 101 Å². The van der Waals surface area contributed by atoms with E-state index >= 15 is 0 Å². The highest BCUT2D eigenvalue weighted by molar-refractivity contribution is 7.90. The summed E-state index contributed by atoms with van der Waals surface area (Å²) in [6, 6.07) is 14.9. The fraction of sp³-hybridized carbons (Fsp3) is 0.320. The molecule has 1 N–H and O–H groups in total. The van der Waals surface area contributed by atoms with Gasteiger partial charge in [-0.15, -0.1) is 0 Å². The lowest BCUT2D eigenvalue weighted by molar-refractivity contribution is 0.0981. The van der Waals surface area contributed by atoms with Crippen molar-refractivity contribution < 1.29 is 17.9 Å². The molecule has 3 heterocycles. The lowest BCUT2D eigenvalue weighted by Crippen LogP contribution is -2.41. The lowest BCUT2D eigenvalue weighted by atomic mass is 9.97. The zero-order valence-corrected chi connectivity index (χ0v) is 20.5. The Bertz CT molecular complexity index is 1320. The maximum Gasteiger partial charge on any atom is 0.281 e. The van der Waals surface area contributed by atoms with Crippen molar-refractivity contribution in [2.45, 2.75) is 44.7 Å². The number of carbonyl (C=O) groups is 1. The van der Waals surface area contributed by atoms with Crippen LogP contribution in [0.5, 0.6) is 11.6 Å². The average molecular weight is 481 g/mol. The number of sulfonamides is 1. The quantitative estimate of drug-likeness (QED) is 0.561. The number of aryl methyl sites for hydroxylation is 1. The number of nitrogens with one attached hydrogen (secondary N) is 1. The van der Waals surface area contributed by atoms with Gasteiger partial charge in [0.05, 0.1) is 5.56 Å². The number of ether oxygens (including phenoxy) is 1. The molecule has 2 aromatic heterocycles. The van der Waals surface area contributed by atoms with Crippen molar-refractivity contribution in [2.75, 3.05) is 11.4 Å². The summed E-state index contributed by atoms with van der Waals surface area (Å²) in [6.45, 7) is 8.98. The molecule has 4 rings (SSSR count). The standard InChI is InChI=1S/C25H28N4O4S/c1-17-8-5-9-19(14-17)33-21-11-6-12-22(27-21)34(31,32)28-24(30)20-10-7-13-26-23(20)29-16-18(2)15-25(29,3)4/h5-14,18H,15-16H2,1-4H3,(H,28,30). The molecule has 0 spiro atoms. The fourth-order valence-corrected chi connectivity index (χ4v) is 5.31. The van der Waals surface area contributed by atoms with Crippen LogP contribution in [0, 0.1) is 12.8 Å². The number of aromatic nitrogens is 2. The van der Waals surface area contributed by atoms with E-state index in [2.05, 4.69) is 40.4 Å². The summed E-state index contributed by atoms with van der Waals surface area (Å²) in [6.07, 6.45) is 2.55. The Morgan fingerprint density at radius 2 is 1.91 bits per heavy atom. The van der Waals surface area contributed by atoms with Gasteiger partial charge in [0.25, 0.3) is 15.9 Å². The molecule has 1 fully saturated rings. The summed E-state index contributed by atoms with van der Waals surface area (Å²) in [7, 11) is -4.25. The number of nitrogens with zero attached hydrogens (tertiary/aromatic N) is 3. The Balaban J connectivity index is 1.58. The highest BCUT2D eigenvalue weighted by Crippen LogP contribution is 2.37. The fourth-order valence-electron chi connectivity index (χ4n) is 4.38. The minimum atomic E-state index is -4.25. The minimum Gasteiger partial charge on any atom is -0.439 e. The van der Waals surface area contributed by atoms with Crippen molar-refractivity contribution in [1.29, 1.82) is 0 Å². The third-order valence-corrected chi connectivity index (χ3v) is 7.00. The Hall–Kier alpha value is -3.46. The van der Waals surface area contributed by atoms with E-state index in [0.29, 0.717) is 17.5 Å². The molecule has 3 aromatic rings. The number of pyridine rings is 2. The number of amides is 1. The van der Waals surface area contributed by atoms with Crippen LogP contribution in [0.15, 0.2) is 65.8 Å². The number of hydrogen-bond donors (Lipinski definition) is 1. The van der Waals surface area contributed by atoms with Gasteiger partial charge in [-0.2, -0.15) is 13.4 Å². The molecular formula is C25H28N4O4S. The Morgan fingerprint density at radius 3 is 2.62 bits per heavy atom. The van der Waals surface area contributed by atoms with Crippen LogP contribution in [-0.4, -0.2) is 36.4 Å². The van der Waals surface area contributed by atoms with E-state index in [-0.39, 0.29) is 22.0 Å². The van der Waals surface area contributed by atoms with Crippen LogP contribution < -0.4 is 14.4 Å². The minimum absolute atomic E-state index is 0.107. The van der Waals surface area contributed by atoms with Crippen molar-refractivity contribution >= 4 is 21.7 Å². The smallest absolute Gasteiger partial charge is 0.281 e. The largest absolute Gasteiger partial charge is 0.439 e. The maximum atomic E-state index is 13.1. The Morgan fingerprint density at radius 1 is 1.15 bits per heavy atom. The van der Waals surface area contributed by atoms with Gasteiger partial charge in [0.15, 0.2) is 5.03 Å². The van der Waals surface area contributed by atoms with Gasteiger partial charge in [-0.1, -0.05) is 25.1 Å². The SMILES string of the molecule is Cc1cccc(Oc2cccc(S(=O)(=O)NC(=O)c3cccnc3N3CC(C)CC3(C)C)n2)c1. The van der Waals surface area contributed by atoms with Crippen LogP contribution in [0.25, 0.3) is 0 Å². The molecule has 1 aliphatic heterocycles. The molecular weight excluding hydrogens is 452 g/mol. The summed E-state index contributed by atoms with van der Waals surface area (Å²) in [4.78, 5) is 23.7. The highest BCUT2D eigenvalue weighted by Gasteiger charge is 2.39. The van der Waals surface area contributed by atoms with Gasteiger partial charge in [0, 0.05) is 24.3 Å². The summed E-state index contributed by atoms with van der Waals surface area (Å²) in [5, 5.41) is -0.313. The van der Waals surface area contributed by atoms with Crippen molar-refractivity contribution in [3.05, 3.63) is 71.9 Å². The Kier molecular flexibility index (Phi) is 6.31. The van der Waals surface area contributed by atoms with E-state index in [1.807, 2.05) is 25.1 Å². The molecule has 9 heteroatoms. The van der Waals surface area contributed by atoms with Crippen LogP contribution in [0.1, 0.15) is 43.1 Å². The second-order valence-corrected chi connectivity index (χ2v) is 10.9. The van der Waals surface area contributed by atoms with Crippen molar-refractivity contribution in [1.82, 2.24) is 14.7 Å². The summed E-state index contributed by atoms with van der Waals surface area (Å²) in [5.41, 5.74) is 0.988. The summed E-state index contributed by atoms with van der Waals surface area (Å²) >= 11 is 0. The number of benzene rings is 1. The summed E-state index contributed by atoms with van der Waals surface area (Å²) < 4.78 is 33.8. The lowest BCUT2D eigenvalue weighted by Gasteiger charge is -2.33. The number of rotatable bonds is 6. The molecule has 0 bridgehead atoms. The van der Waals surface area contributed by atoms with E-state index in [4.69, 9.17) is 4.74 Å². The van der Waals surface area contributed by atoms with E-state index in [1.165, 1.54) is 12.1 Å². The molecule has 1 saturated heterocycles. The molecule has 1 atom stereocenters. The predicted molar refractivity (Wildman–Crippen MR) is 130 cm³/mol. The second-order valence-electron chi connectivity index (χ2n) is 9.27. The first-order valence-electron chi connectivity index (χ1n) is 11.1. The second kappa shape index (κ2) is 9.06. The number of hydrogen-bond acceptors (Lipinski definition) is 7. The van der Waals surface area contributed by atoms with Crippen LogP contribution >= 0.6 is 0 Å². The molecule has 8 nitrogen and oxygen atoms in total. The molecule has 178 valence electrons. The molecule has 1 aliphatic rings. The van der Waals surface area contributed by atoms with Gasteiger partial charge < -0.3 is 9.64 Å². The maximum absolute atomic E-state index is 13.1. The normalized spacial score (nSPS) is 17.4. The van der Waals surface area contributed by atoms with Crippen LogP contribution in [0.3, 0.4) is 0 Å². The monoisotopic (exact) mass is 480 g/mol. The first-order valence-corrected chi connectivity index (χ1v) is 12.5. The van der Waals surface area contributed by atoms with Crippen molar-refractivity contribution in [3.8, 4) is 11.6 Å². The predicted octanol–water partition coefficient (Wildman–Crippen LogP) is 4.32. The third kappa shape index (κ3) is 5.04. The van der Waals surface area contributed by atoms with Crippen molar-refractivity contribution in [2.24, 2.45) is 5.92 Å². The molecule has 1 aromatic carbocycles. The van der Waals surface area contributed by atoms with Crippen LogP contribution in [0.2, 0.25) is 0 Å². The molecule has 0 radical (unpaired) electrons. The molecule has 34 heavy (non-hydrogen) atoms. The molecule has 0 aliphatic carbocycles. The number of anilines is 1. The van der Waals surface area contributed by atoms with Gasteiger partial charge in [-0.05, 0) is 69.0 Å². The molecule has 0 saturated carbocycles. The van der Waals surface area contributed by atoms with Crippen molar-refractivity contribution in [3.63, 3.8) is 0 Å². The average Bonchev–Trinajstić information content (AvgIpc) is 3.05. The van der Waals surface area contributed by atoms with E-state index in [1.54, 1.807) is 30.5 Å². The zero-order chi connectivity index (χ0) is 24.5. The zero-order valence-electron chi connectivity index (χ0n) is 19.6. The van der Waals surface area contributed by atoms with E-state index in [0.717, 1.165) is 18.5 Å². The van der Waals surface area contributed by atoms with E-state index < -0.39 is 15.9 Å².